The van der Waals surface area contributed by atoms with Crippen molar-refractivity contribution in [2.45, 2.75) is 139 Å². The Hall–Kier alpha value is -1.47. The zero-order valence-corrected chi connectivity index (χ0v) is 26.4. The second kappa shape index (κ2) is 12.6. The molecule has 0 aliphatic rings. The Morgan fingerprint density at radius 3 is 1.49 bits per heavy atom. The number of esters is 1. The molecular weight excluding hydrogens is 464 g/mol. The fraction of sp³-hybridized carbons (Fsp3) is 0.774. The van der Waals surface area contributed by atoms with Gasteiger partial charge in [0.05, 0.1) is 0 Å². The van der Waals surface area contributed by atoms with E-state index < -0.39 is 18.2 Å². The molecule has 4 atom stereocenters. The summed E-state index contributed by atoms with van der Waals surface area (Å²) >= 11 is 0. The first-order valence-corrected chi connectivity index (χ1v) is 13.7. The molecule has 214 valence electrons. The van der Waals surface area contributed by atoms with Crippen LogP contribution in [0, 0.1) is 10.8 Å². The molecule has 0 bridgehead atoms. The molecule has 0 saturated heterocycles. The van der Waals surface area contributed by atoms with Crippen molar-refractivity contribution >= 4 is 5.97 Å². The van der Waals surface area contributed by atoms with Crippen molar-refractivity contribution in [3.63, 3.8) is 0 Å². The Morgan fingerprint density at radius 1 is 0.703 bits per heavy atom. The number of carbonyl (C=O) groups is 1. The van der Waals surface area contributed by atoms with Crippen molar-refractivity contribution < 1.29 is 19.2 Å². The minimum Gasteiger partial charge on any atom is -0.460 e. The third kappa shape index (κ3) is 10.3. The third-order valence-corrected chi connectivity index (χ3v) is 6.93. The van der Waals surface area contributed by atoms with Crippen molar-refractivity contribution in [3.8, 4) is 0 Å². The van der Waals surface area contributed by atoms with Crippen molar-refractivity contribution in [1.29, 1.82) is 0 Å². The zero-order valence-electron chi connectivity index (χ0n) is 26.4. The minimum absolute atomic E-state index is 0.00624. The van der Waals surface area contributed by atoms with E-state index >= 15 is 0 Å². The highest BCUT2D eigenvalue weighted by Crippen LogP contribution is 2.34. The zero-order chi connectivity index (χ0) is 29.0. The molecular formula is C31H56N2O4. The second-order valence-corrected chi connectivity index (χ2v) is 14.5. The molecule has 0 saturated carbocycles. The molecule has 0 spiro atoms. The van der Waals surface area contributed by atoms with Gasteiger partial charge in [0.2, 0.25) is 0 Å². The van der Waals surface area contributed by atoms with Crippen molar-refractivity contribution in [2.75, 3.05) is 6.61 Å². The van der Waals surface area contributed by atoms with Gasteiger partial charge in [-0.1, -0.05) is 71.9 Å². The predicted molar refractivity (Wildman–Crippen MR) is 153 cm³/mol. The predicted octanol–water partition coefficient (Wildman–Crippen LogP) is 7.59. The first kappa shape index (κ1) is 33.6. The van der Waals surface area contributed by atoms with E-state index in [1.807, 2.05) is 40.5 Å². The number of hydroxylamine groups is 4. The summed E-state index contributed by atoms with van der Waals surface area (Å²) in [4.78, 5) is 26.0. The van der Waals surface area contributed by atoms with Crippen LogP contribution in [0.2, 0.25) is 0 Å². The van der Waals surface area contributed by atoms with Crippen LogP contribution in [0.5, 0.6) is 0 Å². The smallest absolute Gasteiger partial charge is 0.337 e. The molecule has 4 unspecified atom stereocenters. The number of hydrogen-bond acceptors (Lipinski definition) is 6. The molecule has 0 radical (unpaired) electrons. The summed E-state index contributed by atoms with van der Waals surface area (Å²) in [6.45, 7) is 31.9. The maximum atomic E-state index is 13.1. The van der Waals surface area contributed by atoms with Gasteiger partial charge in [0, 0.05) is 23.2 Å². The Kier molecular flexibility index (Phi) is 11.4. The lowest BCUT2D eigenvalue weighted by Crippen LogP contribution is -2.54. The minimum atomic E-state index is -0.757. The van der Waals surface area contributed by atoms with Gasteiger partial charge in [-0.25, -0.2) is 4.79 Å². The monoisotopic (exact) mass is 520 g/mol. The fourth-order valence-electron chi connectivity index (χ4n) is 3.85. The molecule has 0 aliphatic carbocycles. The van der Waals surface area contributed by atoms with E-state index in [9.17, 15) is 4.79 Å². The normalized spacial score (nSPS) is 17.0. The highest BCUT2D eigenvalue weighted by molar-refractivity contribution is 5.74. The quantitative estimate of drug-likeness (QED) is 0.234. The average Bonchev–Trinajstić information content (AvgIpc) is 2.73. The molecule has 0 aromatic heterocycles. The van der Waals surface area contributed by atoms with Crippen LogP contribution in [0.3, 0.4) is 0 Å². The molecule has 0 amide bonds. The van der Waals surface area contributed by atoms with Gasteiger partial charge >= 0.3 is 5.97 Å². The van der Waals surface area contributed by atoms with Crippen LogP contribution in [-0.2, 0) is 19.2 Å². The van der Waals surface area contributed by atoms with Gasteiger partial charge in [0.25, 0.3) is 0 Å². The number of benzene rings is 1. The van der Waals surface area contributed by atoms with Crippen LogP contribution in [-0.4, -0.2) is 52.0 Å². The highest BCUT2D eigenvalue weighted by atomic mass is 16.7. The van der Waals surface area contributed by atoms with Gasteiger partial charge in [-0.3, -0.25) is 9.68 Å². The van der Waals surface area contributed by atoms with Gasteiger partial charge in [-0.15, -0.1) is 0 Å². The van der Waals surface area contributed by atoms with Crippen molar-refractivity contribution in [1.82, 2.24) is 10.1 Å². The number of hydrogen-bond donors (Lipinski definition) is 0. The van der Waals surface area contributed by atoms with E-state index in [-0.39, 0.29) is 40.6 Å². The second-order valence-electron chi connectivity index (χ2n) is 14.5. The molecule has 0 N–H and O–H groups in total. The Bertz CT molecular complexity index is 828. The molecule has 1 aromatic carbocycles. The molecule has 6 nitrogen and oxygen atoms in total. The maximum absolute atomic E-state index is 13.1. The molecule has 1 rings (SSSR count). The fourth-order valence-corrected chi connectivity index (χ4v) is 3.85. The SMILES string of the molecule is CC(ON(C(C)C(C)(C)C)C(C)(C)C)C(=O)OCC(ON(C(C)C(C)(C)C)C(C)(C)C)c1ccccc1. The Morgan fingerprint density at radius 2 is 1.11 bits per heavy atom. The Labute approximate surface area is 227 Å². The van der Waals surface area contributed by atoms with Crippen LogP contribution < -0.4 is 0 Å². The summed E-state index contributed by atoms with van der Waals surface area (Å²) in [5, 5.41) is 3.97. The van der Waals surface area contributed by atoms with E-state index in [2.05, 4.69) is 96.9 Å². The maximum Gasteiger partial charge on any atom is 0.337 e. The number of rotatable bonds is 10. The van der Waals surface area contributed by atoms with E-state index in [4.69, 9.17) is 14.4 Å². The average molecular weight is 521 g/mol. The molecule has 0 fully saturated rings. The lowest BCUT2D eigenvalue weighted by molar-refractivity contribution is -0.289. The van der Waals surface area contributed by atoms with Crippen LogP contribution >= 0.6 is 0 Å². The molecule has 37 heavy (non-hydrogen) atoms. The number of carbonyl (C=O) groups excluding carboxylic acids is 1. The first-order valence-electron chi connectivity index (χ1n) is 13.7. The summed E-state index contributed by atoms with van der Waals surface area (Å²) in [5.41, 5.74) is 0.387. The van der Waals surface area contributed by atoms with Gasteiger partial charge in [-0.2, -0.15) is 10.1 Å². The number of nitrogens with zero attached hydrogens (tertiary/aromatic N) is 2. The van der Waals surface area contributed by atoms with Gasteiger partial charge in [0.15, 0.2) is 6.10 Å². The van der Waals surface area contributed by atoms with Gasteiger partial charge in [0.1, 0.15) is 12.7 Å². The summed E-state index contributed by atoms with van der Waals surface area (Å²) in [5.74, 6) is -0.411. The van der Waals surface area contributed by atoms with Crippen molar-refractivity contribution in [3.05, 3.63) is 35.9 Å². The summed E-state index contributed by atoms with van der Waals surface area (Å²) in [6.07, 6.45) is -1.21. The highest BCUT2D eigenvalue weighted by Gasteiger charge is 2.38. The van der Waals surface area contributed by atoms with Crippen molar-refractivity contribution in [2.24, 2.45) is 10.8 Å². The van der Waals surface area contributed by atoms with Crippen LogP contribution in [0.15, 0.2) is 30.3 Å². The summed E-state index contributed by atoms with van der Waals surface area (Å²) < 4.78 is 5.84. The molecule has 1 aromatic rings. The van der Waals surface area contributed by atoms with E-state index in [1.165, 1.54) is 0 Å². The van der Waals surface area contributed by atoms with Crippen LogP contribution in [0.1, 0.15) is 116 Å². The summed E-state index contributed by atoms with van der Waals surface area (Å²) in [6, 6.07) is 10.1. The first-order chi connectivity index (χ1) is 16.6. The van der Waals surface area contributed by atoms with Gasteiger partial charge in [-0.05, 0) is 78.7 Å². The van der Waals surface area contributed by atoms with E-state index in [1.54, 1.807) is 6.92 Å². The largest absolute Gasteiger partial charge is 0.460 e. The van der Waals surface area contributed by atoms with Gasteiger partial charge < -0.3 is 4.74 Å². The lowest BCUT2D eigenvalue weighted by atomic mass is 9.86. The van der Waals surface area contributed by atoms with Crippen LogP contribution in [0.4, 0.5) is 0 Å². The summed E-state index contributed by atoms with van der Waals surface area (Å²) in [7, 11) is 0. The molecule has 0 heterocycles. The molecule has 6 heteroatoms. The van der Waals surface area contributed by atoms with Crippen LogP contribution in [0.25, 0.3) is 0 Å². The third-order valence-electron chi connectivity index (χ3n) is 6.93. The molecule has 0 aliphatic heterocycles. The van der Waals surface area contributed by atoms with E-state index in [0.29, 0.717) is 0 Å². The number of ether oxygens (including phenoxy) is 1. The topological polar surface area (TPSA) is 51.2 Å². The lowest BCUT2D eigenvalue weighted by Gasteiger charge is -2.46. The standard InChI is InChI=1S/C31H56N2O4/c1-22(36-32(30(10,11)12)23(2)28(4,5)6)27(34)35-21-26(25-19-17-16-18-20-25)37-33(31(13,14)15)24(3)29(7,8)9/h16-20,22-24,26H,21H2,1-15H3. The van der Waals surface area contributed by atoms with E-state index in [0.717, 1.165) is 5.56 Å². The Balaban J connectivity index is 3.12.